The van der Waals surface area contributed by atoms with Crippen LogP contribution in [-0.4, -0.2) is 31.9 Å². The van der Waals surface area contributed by atoms with Crippen molar-refractivity contribution < 1.29 is 9.18 Å². The summed E-state index contributed by atoms with van der Waals surface area (Å²) in [4.78, 5) is 36.4. The first-order valence-electron chi connectivity index (χ1n) is 9.48. The Balaban J connectivity index is 1.62. The molecule has 3 aromatic rings. The molecule has 1 fully saturated rings. The summed E-state index contributed by atoms with van der Waals surface area (Å²) in [5.41, 5.74) is 2.77. The summed E-state index contributed by atoms with van der Waals surface area (Å²) in [5.74, 6) is -0.607. The number of aryl methyl sites for hydroxylation is 2. The Morgan fingerprint density at radius 1 is 1.14 bits per heavy atom. The number of aromatic nitrogens is 3. The third kappa shape index (κ3) is 3.68. The lowest BCUT2D eigenvalue weighted by atomic mass is 9.93. The van der Waals surface area contributed by atoms with Crippen molar-refractivity contribution in [2.45, 2.75) is 32.9 Å². The van der Waals surface area contributed by atoms with E-state index in [9.17, 15) is 14.0 Å². The second-order valence-corrected chi connectivity index (χ2v) is 7.31. The molecule has 29 heavy (non-hydrogen) atoms. The number of carbonyl (C=O) groups excluding carboxylic acids is 1. The SMILES string of the molecule is Cc1cnc(Cn2ccc(C)c(C(=O)N3CCC3c3ccc(F)cc3)c2=O)cn1. The van der Waals surface area contributed by atoms with Crippen molar-refractivity contribution in [3.05, 3.63) is 93.2 Å². The van der Waals surface area contributed by atoms with Crippen LogP contribution in [0, 0.1) is 19.7 Å². The van der Waals surface area contributed by atoms with Crippen molar-refractivity contribution >= 4 is 5.91 Å². The van der Waals surface area contributed by atoms with E-state index in [0.29, 0.717) is 17.8 Å². The third-order valence-corrected chi connectivity index (χ3v) is 5.29. The van der Waals surface area contributed by atoms with Gasteiger partial charge in [-0.1, -0.05) is 12.1 Å². The maximum Gasteiger partial charge on any atom is 0.264 e. The molecule has 0 N–H and O–H groups in total. The van der Waals surface area contributed by atoms with Gasteiger partial charge in [0, 0.05) is 18.9 Å². The molecule has 1 aliphatic heterocycles. The molecule has 0 radical (unpaired) electrons. The Kier molecular flexibility index (Phi) is 4.96. The summed E-state index contributed by atoms with van der Waals surface area (Å²) in [6.45, 7) is 4.42. The summed E-state index contributed by atoms with van der Waals surface area (Å²) < 4.78 is 14.7. The highest BCUT2D eigenvalue weighted by molar-refractivity contribution is 5.96. The lowest BCUT2D eigenvalue weighted by molar-refractivity contribution is 0.0457. The molecule has 6 nitrogen and oxygen atoms in total. The van der Waals surface area contributed by atoms with E-state index in [-0.39, 0.29) is 35.4 Å². The maximum absolute atomic E-state index is 13.2. The fourth-order valence-electron chi connectivity index (χ4n) is 3.53. The van der Waals surface area contributed by atoms with Gasteiger partial charge in [0.25, 0.3) is 11.5 Å². The lowest BCUT2D eigenvalue weighted by Gasteiger charge is -2.41. The van der Waals surface area contributed by atoms with Gasteiger partial charge < -0.3 is 9.47 Å². The van der Waals surface area contributed by atoms with E-state index in [4.69, 9.17) is 0 Å². The number of hydrogen-bond acceptors (Lipinski definition) is 4. The van der Waals surface area contributed by atoms with E-state index in [1.807, 2.05) is 6.92 Å². The number of nitrogens with zero attached hydrogens (tertiary/aromatic N) is 4. The average molecular weight is 392 g/mol. The Bertz CT molecular complexity index is 1110. The molecule has 148 valence electrons. The van der Waals surface area contributed by atoms with Gasteiger partial charge in [-0.15, -0.1) is 0 Å². The topological polar surface area (TPSA) is 68.1 Å². The van der Waals surface area contributed by atoms with Gasteiger partial charge >= 0.3 is 0 Å². The van der Waals surface area contributed by atoms with Crippen molar-refractivity contribution in [2.24, 2.45) is 0 Å². The fourth-order valence-corrected chi connectivity index (χ4v) is 3.53. The standard InChI is InChI=1S/C22H21FN4O2/c1-14-7-9-26(13-18-12-24-15(2)11-25-18)21(28)20(14)22(29)27-10-8-19(27)16-3-5-17(23)6-4-16/h3-7,9,11-12,19H,8,10,13H2,1-2H3. The molecule has 0 saturated carbocycles. The Morgan fingerprint density at radius 3 is 2.52 bits per heavy atom. The van der Waals surface area contributed by atoms with Gasteiger partial charge in [0.2, 0.25) is 0 Å². The van der Waals surface area contributed by atoms with Crippen LogP contribution in [0.2, 0.25) is 0 Å². The smallest absolute Gasteiger partial charge is 0.264 e. The number of amides is 1. The van der Waals surface area contributed by atoms with E-state index in [2.05, 4.69) is 9.97 Å². The highest BCUT2D eigenvalue weighted by Gasteiger charge is 2.35. The van der Waals surface area contributed by atoms with Crippen LogP contribution >= 0.6 is 0 Å². The van der Waals surface area contributed by atoms with Gasteiger partial charge in [0.1, 0.15) is 11.4 Å². The van der Waals surface area contributed by atoms with Crippen LogP contribution in [0.5, 0.6) is 0 Å². The minimum absolute atomic E-state index is 0.140. The first kappa shape index (κ1) is 19.0. The fraction of sp³-hybridized carbons (Fsp3) is 0.273. The molecule has 0 spiro atoms. The first-order valence-corrected chi connectivity index (χ1v) is 9.48. The molecule has 1 aromatic carbocycles. The summed E-state index contributed by atoms with van der Waals surface area (Å²) in [6, 6.07) is 7.78. The van der Waals surface area contributed by atoms with Gasteiger partial charge in [-0.2, -0.15) is 0 Å². The number of benzene rings is 1. The summed E-state index contributed by atoms with van der Waals surface area (Å²) in [5, 5.41) is 0. The zero-order valence-electron chi connectivity index (χ0n) is 16.3. The molecule has 0 bridgehead atoms. The Morgan fingerprint density at radius 2 is 1.90 bits per heavy atom. The average Bonchev–Trinajstić information content (AvgIpc) is 2.67. The monoisotopic (exact) mass is 392 g/mol. The van der Waals surface area contributed by atoms with E-state index < -0.39 is 0 Å². The van der Waals surface area contributed by atoms with Crippen molar-refractivity contribution in [3.8, 4) is 0 Å². The lowest BCUT2D eigenvalue weighted by Crippen LogP contribution is -2.47. The third-order valence-electron chi connectivity index (χ3n) is 5.29. The zero-order chi connectivity index (χ0) is 20.5. The Labute approximate surface area is 167 Å². The number of likely N-dealkylation sites (tertiary alicyclic amines) is 1. The second kappa shape index (κ2) is 7.58. The van der Waals surface area contributed by atoms with Crippen molar-refractivity contribution in [1.29, 1.82) is 0 Å². The minimum Gasteiger partial charge on any atom is -0.331 e. The molecule has 0 aliphatic carbocycles. The molecule has 1 aliphatic rings. The van der Waals surface area contributed by atoms with Crippen molar-refractivity contribution in [3.63, 3.8) is 0 Å². The van der Waals surface area contributed by atoms with Crippen LogP contribution in [0.25, 0.3) is 0 Å². The van der Waals surface area contributed by atoms with Crippen molar-refractivity contribution in [1.82, 2.24) is 19.4 Å². The number of halogens is 1. The Hall–Kier alpha value is -3.35. The number of carbonyl (C=O) groups is 1. The molecular weight excluding hydrogens is 371 g/mol. The molecule has 1 saturated heterocycles. The quantitative estimate of drug-likeness (QED) is 0.685. The molecule has 4 rings (SSSR count). The zero-order valence-corrected chi connectivity index (χ0v) is 16.3. The van der Waals surface area contributed by atoms with Crippen LogP contribution in [-0.2, 0) is 6.54 Å². The second-order valence-electron chi connectivity index (χ2n) is 7.31. The van der Waals surface area contributed by atoms with E-state index in [1.54, 1.807) is 48.6 Å². The van der Waals surface area contributed by atoms with Gasteiger partial charge in [-0.05, 0) is 49.6 Å². The van der Waals surface area contributed by atoms with E-state index >= 15 is 0 Å². The molecule has 1 unspecified atom stereocenters. The minimum atomic E-state index is -0.345. The maximum atomic E-state index is 13.2. The molecular formula is C22H21FN4O2. The molecule has 3 heterocycles. The highest BCUT2D eigenvalue weighted by atomic mass is 19.1. The van der Waals surface area contributed by atoms with Crippen LogP contribution in [0.15, 0.2) is 53.7 Å². The largest absolute Gasteiger partial charge is 0.331 e. The van der Waals surface area contributed by atoms with Crippen LogP contribution in [0.4, 0.5) is 4.39 Å². The van der Waals surface area contributed by atoms with Gasteiger partial charge in [-0.3, -0.25) is 19.6 Å². The molecule has 1 amide bonds. The van der Waals surface area contributed by atoms with Gasteiger partial charge in [0.05, 0.1) is 30.2 Å². The molecule has 7 heteroatoms. The summed E-state index contributed by atoms with van der Waals surface area (Å²) >= 11 is 0. The predicted molar refractivity (Wildman–Crippen MR) is 106 cm³/mol. The number of rotatable bonds is 4. The van der Waals surface area contributed by atoms with Crippen LogP contribution < -0.4 is 5.56 Å². The normalized spacial score (nSPS) is 15.8. The number of hydrogen-bond donors (Lipinski definition) is 0. The van der Waals surface area contributed by atoms with E-state index in [1.165, 1.54) is 16.7 Å². The molecule has 2 aromatic heterocycles. The summed E-state index contributed by atoms with van der Waals surface area (Å²) in [6.07, 6.45) is 5.73. The predicted octanol–water partition coefficient (Wildman–Crippen LogP) is 3.03. The van der Waals surface area contributed by atoms with Crippen LogP contribution in [0.3, 0.4) is 0 Å². The van der Waals surface area contributed by atoms with Gasteiger partial charge in [-0.25, -0.2) is 4.39 Å². The summed E-state index contributed by atoms with van der Waals surface area (Å²) in [7, 11) is 0. The first-order chi connectivity index (χ1) is 13.9. The van der Waals surface area contributed by atoms with Gasteiger partial charge in [0.15, 0.2) is 0 Å². The van der Waals surface area contributed by atoms with E-state index in [0.717, 1.165) is 17.7 Å². The highest BCUT2D eigenvalue weighted by Crippen LogP contribution is 2.34. The van der Waals surface area contributed by atoms with Crippen LogP contribution in [0.1, 0.15) is 45.3 Å². The number of pyridine rings is 1. The van der Waals surface area contributed by atoms with Crippen molar-refractivity contribution in [2.75, 3.05) is 6.54 Å². The molecule has 1 atom stereocenters.